The number of hydrogen-bond donors (Lipinski definition) is 1. The summed E-state index contributed by atoms with van der Waals surface area (Å²) >= 11 is 0. The lowest BCUT2D eigenvalue weighted by atomic mass is 10.0. The highest BCUT2D eigenvalue weighted by atomic mass is 16.5. The minimum Gasteiger partial charge on any atom is -0.496 e. The van der Waals surface area contributed by atoms with E-state index in [1.165, 1.54) is 19.1 Å². The molecule has 4 rings (SSSR count). The van der Waals surface area contributed by atoms with E-state index < -0.39 is 5.91 Å². The van der Waals surface area contributed by atoms with E-state index in [4.69, 9.17) is 14.2 Å². The predicted molar refractivity (Wildman–Crippen MR) is 130 cm³/mol. The lowest BCUT2D eigenvalue weighted by Crippen LogP contribution is -2.34. The molecule has 1 aliphatic rings. The first-order valence-corrected chi connectivity index (χ1v) is 10.8. The van der Waals surface area contributed by atoms with Gasteiger partial charge < -0.3 is 19.5 Å². The Morgan fingerprint density at radius 2 is 1.41 bits per heavy atom. The zero-order valence-corrected chi connectivity index (χ0v) is 19.3. The quantitative estimate of drug-likeness (QED) is 0.486. The van der Waals surface area contributed by atoms with Gasteiger partial charge in [0.1, 0.15) is 11.4 Å². The molecule has 174 valence electrons. The number of hydrogen-bond acceptors (Lipinski definition) is 6. The number of para-hydroxylation sites is 1. The topological polar surface area (TPSA) is 77.1 Å². The number of anilines is 1. The smallest absolute Gasteiger partial charge is 0.278 e. The van der Waals surface area contributed by atoms with E-state index >= 15 is 0 Å². The normalized spacial score (nSPS) is 13.3. The lowest BCUT2D eigenvalue weighted by molar-refractivity contribution is -0.136. The van der Waals surface area contributed by atoms with Gasteiger partial charge >= 0.3 is 0 Å². The molecule has 7 heteroatoms. The van der Waals surface area contributed by atoms with Gasteiger partial charge in [-0.3, -0.25) is 14.5 Å². The molecule has 3 aromatic rings. The molecular weight excluding hydrogens is 432 g/mol. The zero-order chi connectivity index (χ0) is 24.1. The van der Waals surface area contributed by atoms with Crippen LogP contribution >= 0.6 is 0 Å². The Bertz CT molecular complexity index is 1240. The van der Waals surface area contributed by atoms with Gasteiger partial charge in [-0.25, -0.2) is 0 Å². The Balaban J connectivity index is 1.72. The molecule has 0 aliphatic carbocycles. The van der Waals surface area contributed by atoms with E-state index in [9.17, 15) is 9.59 Å². The maximum absolute atomic E-state index is 13.5. The summed E-state index contributed by atoms with van der Waals surface area (Å²) in [7, 11) is 4.63. The first kappa shape index (κ1) is 22.9. The molecule has 7 nitrogen and oxygen atoms in total. The fourth-order valence-corrected chi connectivity index (χ4v) is 3.94. The van der Waals surface area contributed by atoms with E-state index in [1.807, 2.05) is 42.5 Å². The van der Waals surface area contributed by atoms with Gasteiger partial charge in [-0.15, -0.1) is 0 Å². The van der Waals surface area contributed by atoms with Crippen molar-refractivity contribution in [3.8, 4) is 17.2 Å². The van der Waals surface area contributed by atoms with Crippen molar-refractivity contribution < 1.29 is 23.8 Å². The highest BCUT2D eigenvalue weighted by Crippen LogP contribution is 2.37. The average molecular weight is 459 g/mol. The van der Waals surface area contributed by atoms with Crippen molar-refractivity contribution in [2.45, 2.75) is 6.42 Å². The van der Waals surface area contributed by atoms with Gasteiger partial charge in [-0.1, -0.05) is 48.5 Å². The van der Waals surface area contributed by atoms with Crippen LogP contribution in [-0.2, 0) is 16.0 Å². The molecule has 0 radical (unpaired) electrons. The van der Waals surface area contributed by atoms with Gasteiger partial charge in [0.15, 0.2) is 11.5 Å². The summed E-state index contributed by atoms with van der Waals surface area (Å²) in [6.07, 6.45) is 0.557. The summed E-state index contributed by atoms with van der Waals surface area (Å²) in [6, 6.07) is 22.1. The monoisotopic (exact) mass is 458 g/mol. The third kappa shape index (κ3) is 4.45. The molecule has 0 saturated carbocycles. The molecule has 0 unspecified atom stereocenters. The standard InChI is InChI=1S/C27H26N2O5/c1-32-21-12-8-7-11-20(21)24-25(28-19-13-14-22(33-2)23(17-19)34-3)27(31)29(26(24)30)16-15-18-9-5-4-6-10-18/h4-14,17,28H,15-16H2,1-3H3. The van der Waals surface area contributed by atoms with Gasteiger partial charge in [0.05, 0.1) is 26.9 Å². The summed E-state index contributed by atoms with van der Waals surface area (Å²) < 4.78 is 16.2. The molecule has 0 aromatic heterocycles. The number of imide groups is 1. The van der Waals surface area contributed by atoms with Gasteiger partial charge in [-0.05, 0) is 30.2 Å². The molecule has 0 spiro atoms. The van der Waals surface area contributed by atoms with Crippen LogP contribution in [0.1, 0.15) is 11.1 Å². The Labute approximate surface area is 198 Å². The highest BCUT2D eigenvalue weighted by Gasteiger charge is 2.40. The van der Waals surface area contributed by atoms with E-state index in [0.29, 0.717) is 34.9 Å². The van der Waals surface area contributed by atoms with Crippen molar-refractivity contribution in [3.05, 3.63) is 89.6 Å². The minimum absolute atomic E-state index is 0.190. The second kappa shape index (κ2) is 10.1. The Morgan fingerprint density at radius 1 is 0.735 bits per heavy atom. The van der Waals surface area contributed by atoms with E-state index in [0.717, 1.165) is 5.56 Å². The molecule has 0 saturated heterocycles. The van der Waals surface area contributed by atoms with Crippen molar-refractivity contribution in [1.29, 1.82) is 0 Å². The van der Waals surface area contributed by atoms with E-state index in [1.54, 1.807) is 37.4 Å². The summed E-state index contributed by atoms with van der Waals surface area (Å²) in [5, 5.41) is 3.15. The Hall–Kier alpha value is -4.26. The van der Waals surface area contributed by atoms with Crippen molar-refractivity contribution in [2.24, 2.45) is 0 Å². The molecule has 1 N–H and O–H groups in total. The third-order valence-electron chi connectivity index (χ3n) is 5.66. The van der Waals surface area contributed by atoms with Crippen LogP contribution in [0.5, 0.6) is 17.2 Å². The minimum atomic E-state index is -0.392. The van der Waals surface area contributed by atoms with E-state index in [2.05, 4.69) is 5.32 Å². The molecule has 3 aromatic carbocycles. The Kier molecular flexibility index (Phi) is 6.82. The molecule has 1 aliphatic heterocycles. The lowest BCUT2D eigenvalue weighted by Gasteiger charge is -2.16. The maximum Gasteiger partial charge on any atom is 0.278 e. The second-order valence-corrected chi connectivity index (χ2v) is 7.64. The maximum atomic E-state index is 13.5. The number of benzene rings is 3. The summed E-state index contributed by atoms with van der Waals surface area (Å²) in [5.41, 5.74) is 2.64. The van der Waals surface area contributed by atoms with Crippen LogP contribution in [0.3, 0.4) is 0 Å². The fourth-order valence-electron chi connectivity index (χ4n) is 3.94. The number of carbonyl (C=O) groups excluding carboxylic acids is 2. The van der Waals surface area contributed by atoms with Crippen LogP contribution in [0, 0.1) is 0 Å². The molecule has 34 heavy (non-hydrogen) atoms. The molecule has 2 amide bonds. The second-order valence-electron chi connectivity index (χ2n) is 7.64. The summed E-state index contributed by atoms with van der Waals surface area (Å²) in [5.74, 6) is 0.815. The number of nitrogens with zero attached hydrogens (tertiary/aromatic N) is 1. The van der Waals surface area contributed by atoms with Crippen LogP contribution in [-0.4, -0.2) is 44.6 Å². The molecular formula is C27H26N2O5. The zero-order valence-electron chi connectivity index (χ0n) is 19.3. The first-order valence-electron chi connectivity index (χ1n) is 10.8. The van der Waals surface area contributed by atoms with Gasteiger partial charge in [0.2, 0.25) is 0 Å². The van der Waals surface area contributed by atoms with Crippen molar-refractivity contribution in [1.82, 2.24) is 4.90 Å². The van der Waals surface area contributed by atoms with Crippen LogP contribution in [0.25, 0.3) is 5.57 Å². The number of nitrogens with one attached hydrogen (secondary N) is 1. The first-order chi connectivity index (χ1) is 16.6. The largest absolute Gasteiger partial charge is 0.496 e. The number of ether oxygens (including phenoxy) is 3. The molecule has 0 atom stereocenters. The number of methoxy groups -OCH3 is 3. The van der Waals surface area contributed by atoms with Crippen LogP contribution in [0.4, 0.5) is 5.69 Å². The van der Waals surface area contributed by atoms with Crippen LogP contribution in [0.15, 0.2) is 78.5 Å². The number of rotatable bonds is 9. The van der Waals surface area contributed by atoms with Gasteiger partial charge in [0, 0.05) is 23.9 Å². The van der Waals surface area contributed by atoms with E-state index in [-0.39, 0.29) is 23.7 Å². The SMILES string of the molecule is COc1ccc(NC2=C(c3ccccc3OC)C(=O)N(CCc3ccccc3)C2=O)cc1OC. The highest BCUT2D eigenvalue weighted by molar-refractivity contribution is 6.37. The molecule has 1 heterocycles. The number of amides is 2. The number of carbonyl (C=O) groups is 2. The summed E-state index contributed by atoms with van der Waals surface area (Å²) in [4.78, 5) is 28.3. The van der Waals surface area contributed by atoms with Crippen molar-refractivity contribution in [2.75, 3.05) is 33.2 Å². The summed E-state index contributed by atoms with van der Waals surface area (Å²) in [6.45, 7) is 0.261. The molecule has 0 fully saturated rings. The van der Waals surface area contributed by atoms with Crippen molar-refractivity contribution >= 4 is 23.1 Å². The van der Waals surface area contributed by atoms with Crippen LogP contribution < -0.4 is 19.5 Å². The molecule has 0 bridgehead atoms. The fraction of sp³-hybridized carbons (Fsp3) is 0.185. The predicted octanol–water partition coefficient (Wildman–Crippen LogP) is 4.15. The van der Waals surface area contributed by atoms with Gasteiger partial charge in [0.25, 0.3) is 11.8 Å². The van der Waals surface area contributed by atoms with Gasteiger partial charge in [-0.2, -0.15) is 0 Å². The van der Waals surface area contributed by atoms with Crippen LogP contribution in [0.2, 0.25) is 0 Å². The Morgan fingerprint density at radius 3 is 2.12 bits per heavy atom. The van der Waals surface area contributed by atoms with Crippen molar-refractivity contribution in [3.63, 3.8) is 0 Å². The third-order valence-corrected chi connectivity index (χ3v) is 5.66. The average Bonchev–Trinajstić information content (AvgIpc) is 3.11.